The Bertz CT molecular complexity index is 1370. The predicted molar refractivity (Wildman–Crippen MR) is 138 cm³/mol. The van der Waals surface area contributed by atoms with Crippen molar-refractivity contribution in [1.82, 2.24) is 4.31 Å². The van der Waals surface area contributed by atoms with E-state index in [4.69, 9.17) is 23.2 Å². The maximum atomic E-state index is 13.1. The number of rotatable bonds is 6. The number of carbonyl (C=O) groups excluding carboxylic acids is 2. The third-order valence-electron chi connectivity index (χ3n) is 5.97. The monoisotopic (exact) mass is 530 g/mol. The predicted octanol–water partition coefficient (Wildman–Crippen LogP) is 5.90. The Morgan fingerprint density at radius 2 is 1.69 bits per heavy atom. The summed E-state index contributed by atoms with van der Waals surface area (Å²) < 4.78 is 27.5. The molecule has 1 N–H and O–H groups in total. The highest BCUT2D eigenvalue weighted by molar-refractivity contribution is 7.89. The van der Waals surface area contributed by atoms with Crippen molar-refractivity contribution in [3.8, 4) is 0 Å². The number of nitrogens with zero attached hydrogens (tertiary/aromatic N) is 1. The highest BCUT2D eigenvalue weighted by Gasteiger charge is 2.28. The van der Waals surface area contributed by atoms with Gasteiger partial charge in [-0.1, -0.05) is 42.3 Å². The second-order valence-corrected chi connectivity index (χ2v) is 11.4. The minimum Gasteiger partial charge on any atom is -0.321 e. The van der Waals surface area contributed by atoms with Gasteiger partial charge in [0.1, 0.15) is 0 Å². The van der Waals surface area contributed by atoms with Gasteiger partial charge in [-0.3, -0.25) is 9.59 Å². The van der Waals surface area contributed by atoms with E-state index in [1.807, 2.05) is 6.92 Å². The van der Waals surface area contributed by atoms with Crippen molar-refractivity contribution in [3.05, 3.63) is 93.5 Å². The van der Waals surface area contributed by atoms with Gasteiger partial charge in [-0.2, -0.15) is 4.31 Å². The SMILES string of the molecule is CC1CCCN(S(=O)(=O)c2ccc(C(=O)Nc3ccc(Cl)cc3C(=O)c3ccccc3Cl)cc2)C1. The van der Waals surface area contributed by atoms with Crippen LogP contribution in [0, 0.1) is 5.92 Å². The van der Waals surface area contributed by atoms with Gasteiger partial charge < -0.3 is 5.32 Å². The fourth-order valence-corrected chi connectivity index (χ4v) is 6.08. The first-order valence-electron chi connectivity index (χ1n) is 11.2. The molecule has 3 aromatic rings. The van der Waals surface area contributed by atoms with Crippen molar-refractivity contribution >= 4 is 50.6 Å². The molecule has 0 radical (unpaired) electrons. The van der Waals surface area contributed by atoms with E-state index in [0.29, 0.717) is 24.0 Å². The Morgan fingerprint density at radius 3 is 2.37 bits per heavy atom. The van der Waals surface area contributed by atoms with Crippen LogP contribution in [0.4, 0.5) is 5.69 Å². The fraction of sp³-hybridized carbons (Fsp3) is 0.231. The number of piperidine rings is 1. The van der Waals surface area contributed by atoms with Crippen LogP contribution >= 0.6 is 23.2 Å². The third kappa shape index (κ3) is 5.59. The first kappa shape index (κ1) is 25.4. The van der Waals surface area contributed by atoms with Crippen molar-refractivity contribution < 1.29 is 18.0 Å². The molecule has 1 aliphatic rings. The van der Waals surface area contributed by atoms with E-state index in [2.05, 4.69) is 5.32 Å². The van der Waals surface area contributed by atoms with E-state index in [9.17, 15) is 18.0 Å². The zero-order valence-electron chi connectivity index (χ0n) is 19.0. The van der Waals surface area contributed by atoms with Crippen molar-refractivity contribution in [3.63, 3.8) is 0 Å². The molecule has 1 amide bonds. The van der Waals surface area contributed by atoms with Crippen LogP contribution in [0.1, 0.15) is 46.0 Å². The molecule has 0 aromatic heterocycles. The normalized spacial score (nSPS) is 16.6. The average molecular weight is 531 g/mol. The van der Waals surface area contributed by atoms with Crippen LogP contribution in [-0.2, 0) is 10.0 Å². The fourth-order valence-electron chi connectivity index (χ4n) is 4.09. The molecular formula is C26H24Cl2N2O4S. The van der Waals surface area contributed by atoms with Crippen molar-refractivity contribution in [2.45, 2.75) is 24.7 Å². The lowest BCUT2D eigenvalue weighted by Crippen LogP contribution is -2.39. The number of amides is 1. The maximum absolute atomic E-state index is 13.1. The van der Waals surface area contributed by atoms with Crippen LogP contribution in [0.15, 0.2) is 71.6 Å². The summed E-state index contributed by atoms with van der Waals surface area (Å²) in [6, 6.07) is 17.0. The van der Waals surface area contributed by atoms with Crippen LogP contribution in [0.2, 0.25) is 10.0 Å². The maximum Gasteiger partial charge on any atom is 0.255 e. The molecule has 3 aromatic carbocycles. The van der Waals surface area contributed by atoms with Crippen LogP contribution in [-0.4, -0.2) is 37.5 Å². The van der Waals surface area contributed by atoms with Crippen LogP contribution < -0.4 is 5.32 Å². The number of anilines is 1. The van der Waals surface area contributed by atoms with Gasteiger partial charge in [0.15, 0.2) is 5.78 Å². The second-order valence-electron chi connectivity index (χ2n) is 8.59. The van der Waals surface area contributed by atoms with Crippen LogP contribution in [0.3, 0.4) is 0 Å². The standard InChI is InChI=1S/C26H24Cl2N2O4S/c1-17-5-4-14-30(16-17)35(33,34)20-11-8-18(9-12-20)26(32)29-24-13-10-19(27)15-22(24)25(31)21-6-2-3-7-23(21)28/h2-3,6-13,15,17H,4-5,14,16H2,1H3,(H,29,32). The van der Waals surface area contributed by atoms with Gasteiger partial charge in [-0.05, 0) is 73.4 Å². The molecule has 182 valence electrons. The van der Waals surface area contributed by atoms with Crippen molar-refractivity contribution in [1.29, 1.82) is 0 Å². The van der Waals surface area contributed by atoms with Gasteiger partial charge in [0.2, 0.25) is 10.0 Å². The molecule has 9 heteroatoms. The number of nitrogens with one attached hydrogen (secondary N) is 1. The summed E-state index contributed by atoms with van der Waals surface area (Å²) in [7, 11) is -3.62. The van der Waals surface area contributed by atoms with Crippen LogP contribution in [0.25, 0.3) is 0 Å². The third-order valence-corrected chi connectivity index (χ3v) is 8.41. The molecule has 0 saturated carbocycles. The lowest BCUT2D eigenvalue weighted by Gasteiger charge is -2.30. The second kappa shape index (κ2) is 10.5. The number of hydrogen-bond donors (Lipinski definition) is 1. The topological polar surface area (TPSA) is 83.6 Å². The summed E-state index contributed by atoms with van der Waals surface area (Å²) in [5, 5.41) is 3.35. The minimum atomic E-state index is -3.62. The van der Waals surface area contributed by atoms with Crippen LogP contribution in [0.5, 0.6) is 0 Å². The van der Waals surface area contributed by atoms with Gasteiger partial charge in [0.05, 0.1) is 15.6 Å². The van der Waals surface area contributed by atoms with E-state index >= 15 is 0 Å². The number of carbonyl (C=O) groups is 2. The Labute approximate surface area is 214 Å². The molecule has 1 unspecified atom stereocenters. The molecule has 0 aliphatic carbocycles. The lowest BCUT2D eigenvalue weighted by atomic mass is 10.0. The number of halogens is 2. The number of sulfonamides is 1. The first-order chi connectivity index (χ1) is 16.7. The number of benzene rings is 3. The molecule has 1 aliphatic heterocycles. The smallest absolute Gasteiger partial charge is 0.255 e. The summed E-state index contributed by atoms with van der Waals surface area (Å²) in [5.74, 6) is -0.563. The van der Waals surface area contributed by atoms with Crippen molar-refractivity contribution in [2.75, 3.05) is 18.4 Å². The van der Waals surface area contributed by atoms with E-state index in [1.54, 1.807) is 36.4 Å². The number of ketones is 1. The van der Waals surface area contributed by atoms with Gasteiger partial charge >= 0.3 is 0 Å². The zero-order chi connectivity index (χ0) is 25.2. The number of hydrogen-bond acceptors (Lipinski definition) is 4. The Morgan fingerprint density at radius 1 is 0.971 bits per heavy atom. The van der Waals surface area contributed by atoms with E-state index in [-0.39, 0.29) is 38.1 Å². The molecule has 1 saturated heterocycles. The van der Waals surface area contributed by atoms with Gasteiger partial charge in [0.25, 0.3) is 5.91 Å². The largest absolute Gasteiger partial charge is 0.321 e. The minimum absolute atomic E-state index is 0.143. The molecule has 0 bridgehead atoms. The molecule has 0 spiro atoms. The quantitative estimate of drug-likeness (QED) is 0.402. The van der Waals surface area contributed by atoms with Gasteiger partial charge in [-0.15, -0.1) is 0 Å². The molecule has 1 heterocycles. The molecule has 1 fully saturated rings. The van der Waals surface area contributed by atoms with Gasteiger partial charge in [0, 0.05) is 34.8 Å². The van der Waals surface area contributed by atoms with E-state index in [1.165, 1.54) is 34.6 Å². The van der Waals surface area contributed by atoms with E-state index < -0.39 is 15.9 Å². The summed E-state index contributed by atoms with van der Waals surface area (Å²) in [6.45, 7) is 3.02. The Balaban J connectivity index is 1.56. The first-order valence-corrected chi connectivity index (χ1v) is 13.4. The lowest BCUT2D eigenvalue weighted by molar-refractivity contribution is 0.102. The van der Waals surface area contributed by atoms with E-state index in [0.717, 1.165) is 12.8 Å². The average Bonchev–Trinajstić information content (AvgIpc) is 2.85. The van der Waals surface area contributed by atoms with Crippen molar-refractivity contribution in [2.24, 2.45) is 5.92 Å². The molecule has 35 heavy (non-hydrogen) atoms. The summed E-state index contributed by atoms with van der Waals surface area (Å²) in [5.41, 5.74) is 0.997. The summed E-state index contributed by atoms with van der Waals surface area (Å²) in [6.07, 6.45) is 1.84. The Hall–Kier alpha value is -2.71. The Kier molecular flexibility index (Phi) is 7.62. The van der Waals surface area contributed by atoms with Gasteiger partial charge in [-0.25, -0.2) is 8.42 Å². The highest BCUT2D eigenvalue weighted by Crippen LogP contribution is 2.28. The molecule has 6 nitrogen and oxygen atoms in total. The molecule has 4 rings (SSSR count). The summed E-state index contributed by atoms with van der Waals surface area (Å²) in [4.78, 5) is 26.2. The molecular weight excluding hydrogens is 507 g/mol. The summed E-state index contributed by atoms with van der Waals surface area (Å²) >= 11 is 12.3. The highest BCUT2D eigenvalue weighted by atomic mass is 35.5. The molecule has 1 atom stereocenters. The zero-order valence-corrected chi connectivity index (χ0v) is 21.3.